The summed E-state index contributed by atoms with van der Waals surface area (Å²) in [5, 5.41) is 3.44. The molecule has 0 bridgehead atoms. The van der Waals surface area contributed by atoms with Gasteiger partial charge in [-0.3, -0.25) is 14.6 Å². The minimum atomic E-state index is -0.547. The Morgan fingerprint density at radius 3 is 2.62 bits per heavy atom. The van der Waals surface area contributed by atoms with E-state index in [1.54, 1.807) is 44.8 Å². The lowest BCUT2D eigenvalue weighted by Gasteiger charge is -2.16. The first kappa shape index (κ1) is 21.8. The van der Waals surface area contributed by atoms with E-state index in [-0.39, 0.29) is 17.9 Å². The second kappa shape index (κ2) is 8.96. The summed E-state index contributed by atoms with van der Waals surface area (Å²) >= 11 is 6.11. The maximum atomic E-state index is 12.5. The maximum absolute atomic E-state index is 12.5. The van der Waals surface area contributed by atoms with Crippen molar-refractivity contribution in [2.45, 2.75) is 19.4 Å². The molecule has 32 heavy (non-hydrogen) atoms. The van der Waals surface area contributed by atoms with Crippen LogP contribution < -0.4 is 15.6 Å². The summed E-state index contributed by atoms with van der Waals surface area (Å²) in [7, 11) is 3.25. The van der Waals surface area contributed by atoms with Crippen molar-refractivity contribution in [1.29, 1.82) is 0 Å². The number of nitrogens with one attached hydrogen (secondary N) is 1. The van der Waals surface area contributed by atoms with Gasteiger partial charge in [0.1, 0.15) is 0 Å². The Morgan fingerprint density at radius 1 is 1.19 bits per heavy atom. The third-order valence-corrected chi connectivity index (χ3v) is 5.66. The fourth-order valence-electron chi connectivity index (χ4n) is 3.84. The van der Waals surface area contributed by atoms with Crippen molar-refractivity contribution < 1.29 is 9.53 Å². The summed E-state index contributed by atoms with van der Waals surface area (Å²) in [6.07, 6.45) is 3.61. The predicted octanol–water partition coefficient (Wildman–Crippen LogP) is 3.53. The van der Waals surface area contributed by atoms with Crippen molar-refractivity contribution in [3.05, 3.63) is 80.9 Å². The average Bonchev–Trinajstić information content (AvgIpc) is 2.90. The molecule has 1 aliphatic heterocycles. The summed E-state index contributed by atoms with van der Waals surface area (Å²) < 4.78 is 6.89. The van der Waals surface area contributed by atoms with Crippen LogP contribution in [0, 0.1) is 0 Å². The van der Waals surface area contributed by atoms with Gasteiger partial charge in [-0.15, -0.1) is 0 Å². The Hall–Kier alpha value is -3.45. The monoisotopic (exact) mass is 450 g/mol. The van der Waals surface area contributed by atoms with Crippen LogP contribution in [0.3, 0.4) is 0 Å². The molecular formula is C24H23ClN4O3. The van der Waals surface area contributed by atoms with Gasteiger partial charge in [0.05, 0.1) is 25.3 Å². The van der Waals surface area contributed by atoms with Crippen LogP contribution in [0.2, 0.25) is 5.02 Å². The molecule has 1 aromatic carbocycles. The van der Waals surface area contributed by atoms with Crippen molar-refractivity contribution >= 4 is 23.2 Å². The van der Waals surface area contributed by atoms with E-state index in [9.17, 15) is 9.59 Å². The lowest BCUT2D eigenvalue weighted by Crippen LogP contribution is -2.25. The lowest BCUT2D eigenvalue weighted by atomic mass is 9.93. The van der Waals surface area contributed by atoms with Crippen molar-refractivity contribution in [3.8, 4) is 17.0 Å². The Labute approximate surface area is 190 Å². The van der Waals surface area contributed by atoms with Crippen LogP contribution in [0.25, 0.3) is 11.1 Å². The van der Waals surface area contributed by atoms with E-state index >= 15 is 0 Å². The number of halogens is 1. The number of nitrogens with zero attached hydrogens (tertiary/aromatic N) is 3. The Kier molecular flexibility index (Phi) is 6.10. The van der Waals surface area contributed by atoms with Crippen molar-refractivity contribution in [2.75, 3.05) is 13.7 Å². The number of fused-ring (bicyclic) bond motifs is 3. The van der Waals surface area contributed by atoms with Crippen molar-refractivity contribution in [3.63, 3.8) is 0 Å². The zero-order chi connectivity index (χ0) is 22.8. The topological polar surface area (TPSA) is 85.6 Å². The van der Waals surface area contributed by atoms with Gasteiger partial charge in [-0.05, 0) is 24.6 Å². The summed E-state index contributed by atoms with van der Waals surface area (Å²) in [4.78, 5) is 34.5. The van der Waals surface area contributed by atoms with Gasteiger partial charge < -0.3 is 14.6 Å². The van der Waals surface area contributed by atoms with E-state index in [0.717, 1.165) is 22.3 Å². The quantitative estimate of drug-likeness (QED) is 0.644. The van der Waals surface area contributed by atoms with E-state index in [0.29, 0.717) is 28.7 Å². The molecule has 8 heteroatoms. The number of amides is 1. The number of pyridine rings is 2. The molecule has 0 fully saturated rings. The van der Waals surface area contributed by atoms with Crippen LogP contribution in [0.4, 0.5) is 0 Å². The number of hydrogen-bond donors (Lipinski definition) is 1. The molecule has 0 spiro atoms. The van der Waals surface area contributed by atoms with Crippen LogP contribution in [0.1, 0.15) is 36.1 Å². The molecule has 3 aromatic rings. The molecule has 1 N–H and O–H groups in total. The Bertz CT molecular complexity index is 1270. The number of rotatable bonds is 5. The van der Waals surface area contributed by atoms with E-state index < -0.39 is 6.04 Å². The van der Waals surface area contributed by atoms with E-state index in [4.69, 9.17) is 21.3 Å². The zero-order valence-electron chi connectivity index (χ0n) is 18.1. The van der Waals surface area contributed by atoms with Crippen molar-refractivity contribution in [2.24, 2.45) is 12.0 Å². The van der Waals surface area contributed by atoms with E-state index in [2.05, 4.69) is 10.3 Å². The first-order valence-electron chi connectivity index (χ1n) is 10.3. The molecular weight excluding hydrogens is 428 g/mol. The number of ether oxygens (including phenoxy) is 1. The predicted molar refractivity (Wildman–Crippen MR) is 125 cm³/mol. The summed E-state index contributed by atoms with van der Waals surface area (Å²) in [6, 6.07) is 10.2. The summed E-state index contributed by atoms with van der Waals surface area (Å²) in [5.74, 6) is 0.309. The molecule has 2 aromatic heterocycles. The molecule has 1 aliphatic rings. The molecule has 0 saturated carbocycles. The largest absolute Gasteiger partial charge is 0.481 e. The highest BCUT2D eigenvalue weighted by Gasteiger charge is 2.28. The Morgan fingerprint density at radius 2 is 1.94 bits per heavy atom. The molecule has 0 radical (unpaired) electrons. The van der Waals surface area contributed by atoms with Gasteiger partial charge in [0, 0.05) is 65.4 Å². The van der Waals surface area contributed by atoms with Crippen LogP contribution in [-0.2, 0) is 11.8 Å². The van der Waals surface area contributed by atoms with Gasteiger partial charge in [-0.25, -0.2) is 4.98 Å². The fraction of sp³-hybridized carbons (Fsp3) is 0.250. The second-order valence-electron chi connectivity index (χ2n) is 7.52. The number of methoxy groups -OCH3 is 1. The van der Waals surface area contributed by atoms with E-state index in [1.165, 1.54) is 4.57 Å². The molecule has 0 unspecified atom stereocenters. The first-order chi connectivity index (χ1) is 15.4. The molecule has 0 saturated heterocycles. The number of aliphatic imine (C=N–C) groups is 1. The maximum Gasteiger partial charge on any atom is 0.250 e. The normalized spacial score (nSPS) is 14.6. The zero-order valence-corrected chi connectivity index (χ0v) is 18.8. The standard InChI is InChI=1S/C24H23ClN4O3/c1-4-26-21(30)11-20-16-10-23(31)29(2)13-19(16)18-12-27-22(32-3)9-17(18)24(28-20)14-5-7-15(25)8-6-14/h5-10,12-13,20H,4,11H2,1-3H3,(H,26,30)/t20-/m0/s1. The first-order valence-corrected chi connectivity index (χ1v) is 10.6. The van der Waals surface area contributed by atoms with Crippen LogP contribution in [0.15, 0.2) is 58.6 Å². The number of benzene rings is 1. The van der Waals surface area contributed by atoms with Crippen LogP contribution in [0.5, 0.6) is 5.88 Å². The number of hydrogen-bond acceptors (Lipinski definition) is 5. The number of aryl methyl sites for hydroxylation is 1. The van der Waals surface area contributed by atoms with Gasteiger partial charge in [0.2, 0.25) is 11.8 Å². The van der Waals surface area contributed by atoms with Gasteiger partial charge in [0.25, 0.3) is 5.56 Å². The summed E-state index contributed by atoms with van der Waals surface area (Å²) in [6.45, 7) is 2.38. The highest BCUT2D eigenvalue weighted by molar-refractivity contribution is 6.30. The number of carbonyl (C=O) groups is 1. The van der Waals surface area contributed by atoms with Gasteiger partial charge >= 0.3 is 0 Å². The van der Waals surface area contributed by atoms with Crippen molar-refractivity contribution in [1.82, 2.24) is 14.9 Å². The minimum absolute atomic E-state index is 0.115. The highest BCUT2D eigenvalue weighted by Crippen LogP contribution is 2.39. The van der Waals surface area contributed by atoms with E-state index in [1.807, 2.05) is 25.1 Å². The smallest absolute Gasteiger partial charge is 0.250 e. The molecule has 3 heterocycles. The minimum Gasteiger partial charge on any atom is -0.481 e. The SMILES string of the molecule is CCNC(=O)C[C@@H]1N=C(c2ccc(Cl)cc2)c2cc(OC)ncc2-c2cn(C)c(=O)cc21. The third-order valence-electron chi connectivity index (χ3n) is 5.41. The average molecular weight is 451 g/mol. The molecule has 0 aliphatic carbocycles. The number of carbonyl (C=O) groups excluding carboxylic acids is 1. The summed E-state index contributed by atoms with van der Waals surface area (Å²) in [5.41, 5.74) is 4.46. The molecule has 164 valence electrons. The second-order valence-corrected chi connectivity index (χ2v) is 7.96. The lowest BCUT2D eigenvalue weighted by molar-refractivity contribution is -0.121. The molecule has 1 atom stereocenters. The van der Waals surface area contributed by atoms with Crippen LogP contribution >= 0.6 is 11.6 Å². The Balaban J connectivity index is 2.02. The molecule has 7 nitrogen and oxygen atoms in total. The van der Waals surface area contributed by atoms with Gasteiger partial charge in [-0.2, -0.15) is 0 Å². The van der Waals surface area contributed by atoms with Gasteiger partial charge in [0.15, 0.2) is 0 Å². The molecule has 4 rings (SSSR count). The molecule has 1 amide bonds. The third kappa shape index (κ3) is 4.16. The number of aromatic nitrogens is 2. The fourth-order valence-corrected chi connectivity index (χ4v) is 3.96. The highest BCUT2D eigenvalue weighted by atomic mass is 35.5. The van der Waals surface area contributed by atoms with Crippen LogP contribution in [-0.4, -0.2) is 34.8 Å². The van der Waals surface area contributed by atoms with Gasteiger partial charge in [-0.1, -0.05) is 23.7 Å².